The molecule has 1 amide bonds. The van der Waals surface area contributed by atoms with E-state index in [1.54, 1.807) is 0 Å². The first-order valence-electron chi connectivity index (χ1n) is 7.39. The predicted molar refractivity (Wildman–Crippen MR) is 103 cm³/mol. The maximum atomic E-state index is 11.7. The first-order chi connectivity index (χ1) is 10.9. The molecule has 5 heteroatoms. The summed E-state index contributed by atoms with van der Waals surface area (Å²) in [5.74, 6) is 0.639. The number of anilines is 1. The second kappa shape index (κ2) is 8.02. The van der Waals surface area contributed by atoms with Crippen molar-refractivity contribution in [3.05, 3.63) is 55.6 Å². The van der Waals surface area contributed by atoms with E-state index in [2.05, 4.69) is 27.9 Å². The fraction of sp³-hybridized carbons (Fsp3) is 0.278. The molecular weight excluding hydrogens is 425 g/mol. The number of nitrogens with one attached hydrogen (secondary N) is 1. The van der Waals surface area contributed by atoms with Crippen molar-refractivity contribution in [3.63, 3.8) is 0 Å². The Balaban J connectivity index is 2.23. The van der Waals surface area contributed by atoms with Crippen molar-refractivity contribution in [3.8, 4) is 5.75 Å². The number of hydrogen-bond donors (Lipinski definition) is 1. The van der Waals surface area contributed by atoms with Crippen LogP contribution in [-0.2, 0) is 11.4 Å². The minimum absolute atomic E-state index is 0.0162. The lowest BCUT2D eigenvalue weighted by Crippen LogP contribution is -2.13. The standard InChI is InChI=1S/C18H19ClINO2/c1-4-18(22)21-16-7-5-6-15(20)13(16)10-23-17-9-12(3)11(2)8-14(17)19/h5-9H,4,10H2,1-3H3,(H,21,22). The van der Waals surface area contributed by atoms with Gasteiger partial charge in [0.2, 0.25) is 5.91 Å². The Bertz CT molecular complexity index is 731. The summed E-state index contributed by atoms with van der Waals surface area (Å²) in [7, 11) is 0. The Morgan fingerprint density at radius 1 is 1.26 bits per heavy atom. The number of carbonyl (C=O) groups is 1. The van der Waals surface area contributed by atoms with Crippen LogP contribution in [0.25, 0.3) is 0 Å². The van der Waals surface area contributed by atoms with E-state index in [0.717, 1.165) is 25.9 Å². The van der Waals surface area contributed by atoms with Crippen LogP contribution in [0.2, 0.25) is 5.02 Å². The van der Waals surface area contributed by atoms with Gasteiger partial charge in [-0.05, 0) is 71.8 Å². The highest BCUT2D eigenvalue weighted by Crippen LogP contribution is 2.30. The molecule has 1 N–H and O–H groups in total. The van der Waals surface area contributed by atoms with Crippen molar-refractivity contribution in [1.29, 1.82) is 0 Å². The summed E-state index contributed by atoms with van der Waals surface area (Å²) in [6.45, 7) is 6.22. The average molecular weight is 444 g/mol. The molecular formula is C18H19ClINO2. The van der Waals surface area contributed by atoms with Crippen molar-refractivity contribution < 1.29 is 9.53 Å². The maximum absolute atomic E-state index is 11.7. The number of amides is 1. The van der Waals surface area contributed by atoms with Gasteiger partial charge in [0.05, 0.1) is 5.02 Å². The van der Waals surface area contributed by atoms with Gasteiger partial charge < -0.3 is 10.1 Å². The number of carbonyl (C=O) groups excluding carboxylic acids is 1. The molecule has 0 bridgehead atoms. The third-order valence-corrected chi connectivity index (χ3v) is 4.94. The second-order valence-electron chi connectivity index (χ2n) is 5.32. The zero-order valence-corrected chi connectivity index (χ0v) is 16.3. The van der Waals surface area contributed by atoms with Crippen LogP contribution in [0, 0.1) is 17.4 Å². The fourth-order valence-electron chi connectivity index (χ4n) is 2.08. The molecule has 0 saturated heterocycles. The summed E-state index contributed by atoms with van der Waals surface area (Å²) >= 11 is 8.50. The first-order valence-corrected chi connectivity index (χ1v) is 8.84. The SMILES string of the molecule is CCC(=O)Nc1cccc(I)c1COc1cc(C)c(C)cc1Cl. The lowest BCUT2D eigenvalue weighted by molar-refractivity contribution is -0.115. The van der Waals surface area contributed by atoms with Gasteiger partial charge in [-0.15, -0.1) is 0 Å². The maximum Gasteiger partial charge on any atom is 0.224 e. The molecule has 0 aliphatic carbocycles. The van der Waals surface area contributed by atoms with Crippen LogP contribution < -0.4 is 10.1 Å². The van der Waals surface area contributed by atoms with Gasteiger partial charge in [0, 0.05) is 21.2 Å². The first kappa shape index (κ1) is 18.1. The predicted octanol–water partition coefficient (Wildman–Crippen LogP) is 5.49. The van der Waals surface area contributed by atoms with Crippen LogP contribution in [0.3, 0.4) is 0 Å². The van der Waals surface area contributed by atoms with E-state index < -0.39 is 0 Å². The molecule has 0 aliphatic rings. The average Bonchev–Trinajstić information content (AvgIpc) is 2.51. The number of hydrogen-bond acceptors (Lipinski definition) is 2. The van der Waals surface area contributed by atoms with Gasteiger partial charge in [0.25, 0.3) is 0 Å². The Labute approximate surface area is 155 Å². The van der Waals surface area contributed by atoms with Crippen molar-refractivity contribution >= 4 is 45.8 Å². The summed E-state index contributed by atoms with van der Waals surface area (Å²) in [4.78, 5) is 11.7. The van der Waals surface area contributed by atoms with E-state index in [0.29, 0.717) is 23.8 Å². The Kier molecular flexibility index (Phi) is 6.30. The lowest BCUT2D eigenvalue weighted by Gasteiger charge is -2.15. The summed E-state index contributed by atoms with van der Waals surface area (Å²) in [6, 6.07) is 9.64. The molecule has 0 unspecified atom stereocenters. The topological polar surface area (TPSA) is 38.3 Å². The second-order valence-corrected chi connectivity index (χ2v) is 6.89. The van der Waals surface area contributed by atoms with Gasteiger partial charge in [0.1, 0.15) is 12.4 Å². The molecule has 2 aromatic rings. The number of benzene rings is 2. The number of aryl methyl sites for hydroxylation is 2. The quantitative estimate of drug-likeness (QED) is 0.621. The van der Waals surface area contributed by atoms with E-state index >= 15 is 0 Å². The molecule has 2 rings (SSSR count). The monoisotopic (exact) mass is 443 g/mol. The molecule has 0 fully saturated rings. The van der Waals surface area contributed by atoms with Crippen molar-refractivity contribution in [2.75, 3.05) is 5.32 Å². The summed E-state index contributed by atoms with van der Waals surface area (Å²) in [5, 5.41) is 3.51. The van der Waals surface area contributed by atoms with E-state index in [1.165, 1.54) is 0 Å². The zero-order valence-electron chi connectivity index (χ0n) is 13.4. The van der Waals surface area contributed by atoms with Crippen LogP contribution in [0.5, 0.6) is 5.75 Å². The van der Waals surface area contributed by atoms with Crippen LogP contribution in [0.4, 0.5) is 5.69 Å². The zero-order chi connectivity index (χ0) is 17.0. The van der Waals surface area contributed by atoms with Gasteiger partial charge in [0.15, 0.2) is 0 Å². The van der Waals surface area contributed by atoms with E-state index in [9.17, 15) is 4.79 Å². The number of rotatable bonds is 5. The third-order valence-electron chi connectivity index (χ3n) is 3.63. The molecule has 2 aromatic carbocycles. The van der Waals surface area contributed by atoms with Gasteiger partial charge in [-0.25, -0.2) is 0 Å². The highest BCUT2D eigenvalue weighted by molar-refractivity contribution is 14.1. The highest BCUT2D eigenvalue weighted by Gasteiger charge is 2.11. The largest absolute Gasteiger partial charge is 0.487 e. The lowest BCUT2D eigenvalue weighted by atomic mass is 10.1. The third kappa shape index (κ3) is 4.61. The van der Waals surface area contributed by atoms with Crippen LogP contribution >= 0.6 is 34.2 Å². The van der Waals surface area contributed by atoms with Crippen molar-refractivity contribution in [2.24, 2.45) is 0 Å². The fourth-order valence-corrected chi connectivity index (χ4v) is 3.00. The smallest absolute Gasteiger partial charge is 0.224 e. The highest BCUT2D eigenvalue weighted by atomic mass is 127. The molecule has 0 spiro atoms. The minimum Gasteiger partial charge on any atom is -0.487 e. The van der Waals surface area contributed by atoms with Gasteiger partial charge in [-0.3, -0.25) is 4.79 Å². The van der Waals surface area contributed by atoms with Crippen molar-refractivity contribution in [2.45, 2.75) is 33.8 Å². The summed E-state index contributed by atoms with van der Waals surface area (Å²) in [5.41, 5.74) is 3.99. The van der Waals surface area contributed by atoms with E-state index in [-0.39, 0.29) is 5.91 Å². The number of halogens is 2. The molecule has 0 aliphatic heterocycles. The van der Waals surface area contributed by atoms with Crippen LogP contribution in [-0.4, -0.2) is 5.91 Å². The molecule has 0 saturated carbocycles. The normalized spacial score (nSPS) is 10.5. The molecule has 3 nitrogen and oxygen atoms in total. The molecule has 0 atom stereocenters. The van der Waals surface area contributed by atoms with Gasteiger partial charge >= 0.3 is 0 Å². The Morgan fingerprint density at radius 2 is 1.96 bits per heavy atom. The molecule has 0 radical (unpaired) electrons. The number of ether oxygens (including phenoxy) is 1. The summed E-state index contributed by atoms with van der Waals surface area (Å²) in [6.07, 6.45) is 0.439. The Hall–Kier alpha value is -1.27. The molecule has 23 heavy (non-hydrogen) atoms. The van der Waals surface area contributed by atoms with Gasteiger partial charge in [-0.1, -0.05) is 24.6 Å². The summed E-state index contributed by atoms with van der Waals surface area (Å²) < 4.78 is 6.95. The van der Waals surface area contributed by atoms with E-state index in [1.807, 2.05) is 51.1 Å². The van der Waals surface area contributed by atoms with Crippen LogP contribution in [0.15, 0.2) is 30.3 Å². The van der Waals surface area contributed by atoms with Crippen molar-refractivity contribution in [1.82, 2.24) is 0 Å². The Morgan fingerprint density at radius 3 is 2.65 bits per heavy atom. The van der Waals surface area contributed by atoms with Gasteiger partial charge in [-0.2, -0.15) is 0 Å². The molecule has 122 valence electrons. The van der Waals surface area contributed by atoms with Crippen LogP contribution in [0.1, 0.15) is 30.0 Å². The van der Waals surface area contributed by atoms with E-state index in [4.69, 9.17) is 16.3 Å². The molecule has 0 aromatic heterocycles. The molecule has 0 heterocycles. The minimum atomic E-state index is -0.0162.